The van der Waals surface area contributed by atoms with Crippen LogP contribution in [0.5, 0.6) is 0 Å². The van der Waals surface area contributed by atoms with Gasteiger partial charge in [-0.2, -0.15) is 5.10 Å². The molecule has 0 aliphatic heterocycles. The van der Waals surface area contributed by atoms with Crippen molar-refractivity contribution in [2.45, 2.75) is 25.4 Å². The van der Waals surface area contributed by atoms with Gasteiger partial charge in [-0.1, -0.05) is 6.07 Å². The molecular weight excluding hydrogens is 276 g/mol. The summed E-state index contributed by atoms with van der Waals surface area (Å²) in [6.45, 7) is -0.0586. The third kappa shape index (κ3) is 2.79. The Hall–Kier alpha value is -2.24. The van der Waals surface area contributed by atoms with Crippen molar-refractivity contribution in [2.24, 2.45) is 7.05 Å². The molecular formula is C15H15F2N3O. The molecule has 0 atom stereocenters. The highest BCUT2D eigenvalue weighted by molar-refractivity contribution is 5.94. The number of halogens is 2. The zero-order chi connectivity index (χ0) is 15.0. The first-order chi connectivity index (χ1) is 10.1. The molecule has 1 fully saturated rings. The predicted octanol–water partition coefficient (Wildman–Crippen LogP) is 2.50. The first-order valence-electron chi connectivity index (χ1n) is 6.79. The van der Waals surface area contributed by atoms with E-state index in [0.717, 1.165) is 12.8 Å². The molecule has 1 aliphatic carbocycles. The number of hydrogen-bond donors (Lipinski definition) is 0. The van der Waals surface area contributed by atoms with E-state index in [1.54, 1.807) is 13.2 Å². The lowest BCUT2D eigenvalue weighted by Crippen LogP contribution is -2.33. The van der Waals surface area contributed by atoms with E-state index in [1.165, 1.54) is 34.0 Å². The van der Waals surface area contributed by atoms with Gasteiger partial charge in [-0.15, -0.1) is 0 Å². The summed E-state index contributed by atoms with van der Waals surface area (Å²) < 4.78 is 29.1. The molecule has 0 radical (unpaired) electrons. The molecule has 1 heterocycles. The highest BCUT2D eigenvalue weighted by atomic mass is 19.1. The van der Waals surface area contributed by atoms with Crippen LogP contribution < -0.4 is 0 Å². The second-order valence-corrected chi connectivity index (χ2v) is 5.27. The molecule has 1 aliphatic rings. The maximum Gasteiger partial charge on any atom is 0.257 e. The topological polar surface area (TPSA) is 38.1 Å². The molecule has 6 heteroatoms. The van der Waals surface area contributed by atoms with Crippen molar-refractivity contribution >= 4 is 5.91 Å². The Balaban J connectivity index is 1.87. The van der Waals surface area contributed by atoms with Gasteiger partial charge in [0.25, 0.3) is 5.91 Å². The molecule has 0 N–H and O–H groups in total. The number of nitrogens with zero attached hydrogens (tertiary/aromatic N) is 3. The standard InChI is InChI=1S/C15H15F2N3O/c1-19-8-10(7-18-19)15(21)20(11-5-6-11)9-12-13(16)3-2-4-14(12)17/h2-4,7-8,11H,5-6,9H2,1H3. The maximum absolute atomic E-state index is 13.8. The van der Waals surface area contributed by atoms with Crippen LogP contribution in [0.25, 0.3) is 0 Å². The SMILES string of the molecule is Cn1cc(C(=O)N(Cc2c(F)cccc2F)C2CC2)cn1. The Morgan fingerprint density at radius 1 is 1.38 bits per heavy atom. The molecule has 1 aromatic heterocycles. The fraction of sp³-hybridized carbons (Fsp3) is 0.333. The molecule has 21 heavy (non-hydrogen) atoms. The molecule has 4 nitrogen and oxygen atoms in total. The summed E-state index contributed by atoms with van der Waals surface area (Å²) in [7, 11) is 1.72. The average Bonchev–Trinajstić information content (AvgIpc) is 3.19. The Kier molecular flexibility index (Phi) is 3.45. The quantitative estimate of drug-likeness (QED) is 0.868. The Bertz CT molecular complexity index is 659. The lowest BCUT2D eigenvalue weighted by atomic mass is 10.1. The van der Waals surface area contributed by atoms with Gasteiger partial charge in [-0.3, -0.25) is 9.48 Å². The van der Waals surface area contributed by atoms with Crippen molar-refractivity contribution in [3.63, 3.8) is 0 Å². The summed E-state index contributed by atoms with van der Waals surface area (Å²) in [4.78, 5) is 14.0. The first kappa shape index (κ1) is 13.7. The van der Waals surface area contributed by atoms with E-state index in [-0.39, 0.29) is 24.1 Å². The maximum atomic E-state index is 13.8. The Morgan fingerprint density at radius 2 is 2.05 bits per heavy atom. The zero-order valence-corrected chi connectivity index (χ0v) is 11.6. The van der Waals surface area contributed by atoms with Crippen LogP contribution in [-0.4, -0.2) is 26.6 Å². The summed E-state index contributed by atoms with van der Waals surface area (Å²) in [5.41, 5.74) is 0.364. The number of rotatable bonds is 4. The van der Waals surface area contributed by atoms with Crippen LogP contribution in [0.3, 0.4) is 0 Å². The number of carbonyl (C=O) groups is 1. The molecule has 3 rings (SSSR count). The van der Waals surface area contributed by atoms with Gasteiger partial charge < -0.3 is 4.90 Å². The van der Waals surface area contributed by atoms with Gasteiger partial charge in [-0.05, 0) is 25.0 Å². The number of carbonyl (C=O) groups excluding carboxylic acids is 1. The molecule has 0 saturated heterocycles. The molecule has 110 valence electrons. The molecule has 0 spiro atoms. The van der Waals surface area contributed by atoms with Crippen molar-refractivity contribution in [3.05, 3.63) is 53.4 Å². The van der Waals surface area contributed by atoms with Crippen LogP contribution in [0, 0.1) is 11.6 Å². The van der Waals surface area contributed by atoms with Gasteiger partial charge in [0.05, 0.1) is 18.3 Å². The Labute approximate surface area is 121 Å². The first-order valence-corrected chi connectivity index (χ1v) is 6.79. The summed E-state index contributed by atoms with van der Waals surface area (Å²) in [5.74, 6) is -1.49. The predicted molar refractivity (Wildman–Crippen MR) is 72.5 cm³/mol. The second-order valence-electron chi connectivity index (χ2n) is 5.27. The highest BCUT2D eigenvalue weighted by Gasteiger charge is 2.34. The van der Waals surface area contributed by atoms with E-state index in [1.807, 2.05) is 0 Å². The van der Waals surface area contributed by atoms with E-state index >= 15 is 0 Å². The third-order valence-electron chi connectivity index (χ3n) is 3.59. The van der Waals surface area contributed by atoms with Crippen molar-refractivity contribution in [3.8, 4) is 0 Å². The average molecular weight is 291 g/mol. The van der Waals surface area contributed by atoms with Gasteiger partial charge in [0.1, 0.15) is 11.6 Å². The lowest BCUT2D eigenvalue weighted by molar-refractivity contribution is 0.0726. The third-order valence-corrected chi connectivity index (χ3v) is 3.59. The van der Waals surface area contributed by atoms with E-state index < -0.39 is 11.6 Å². The number of amides is 1. The fourth-order valence-corrected chi connectivity index (χ4v) is 2.30. The van der Waals surface area contributed by atoms with Crippen LogP contribution >= 0.6 is 0 Å². The van der Waals surface area contributed by atoms with Crippen LogP contribution in [-0.2, 0) is 13.6 Å². The molecule has 1 aromatic carbocycles. The van der Waals surface area contributed by atoms with E-state index in [2.05, 4.69) is 5.10 Å². The van der Waals surface area contributed by atoms with Crippen molar-refractivity contribution in [1.29, 1.82) is 0 Å². The van der Waals surface area contributed by atoms with Gasteiger partial charge in [0, 0.05) is 24.8 Å². The number of aromatic nitrogens is 2. The monoisotopic (exact) mass is 291 g/mol. The lowest BCUT2D eigenvalue weighted by Gasteiger charge is -2.22. The molecule has 1 saturated carbocycles. The summed E-state index contributed by atoms with van der Waals surface area (Å²) in [6.07, 6.45) is 4.80. The van der Waals surface area contributed by atoms with Crippen molar-refractivity contribution in [1.82, 2.24) is 14.7 Å². The number of benzene rings is 1. The van der Waals surface area contributed by atoms with Crippen LogP contribution in [0.15, 0.2) is 30.6 Å². The summed E-state index contributed by atoms with van der Waals surface area (Å²) >= 11 is 0. The number of hydrogen-bond acceptors (Lipinski definition) is 2. The van der Waals surface area contributed by atoms with Crippen LogP contribution in [0.4, 0.5) is 8.78 Å². The summed E-state index contributed by atoms with van der Waals surface area (Å²) in [5, 5.41) is 3.96. The minimum absolute atomic E-state index is 0.0525. The van der Waals surface area contributed by atoms with Crippen molar-refractivity contribution in [2.75, 3.05) is 0 Å². The normalized spacial score (nSPS) is 14.2. The largest absolute Gasteiger partial charge is 0.331 e. The molecule has 2 aromatic rings. The van der Waals surface area contributed by atoms with Crippen molar-refractivity contribution < 1.29 is 13.6 Å². The Morgan fingerprint density at radius 3 is 2.57 bits per heavy atom. The van der Waals surface area contributed by atoms with E-state index in [9.17, 15) is 13.6 Å². The summed E-state index contributed by atoms with van der Waals surface area (Å²) in [6, 6.07) is 3.78. The minimum atomic E-state index is -0.625. The molecule has 0 bridgehead atoms. The van der Waals surface area contributed by atoms with Crippen LogP contribution in [0.1, 0.15) is 28.8 Å². The zero-order valence-electron chi connectivity index (χ0n) is 11.6. The molecule has 0 unspecified atom stereocenters. The van der Waals surface area contributed by atoms with Crippen LogP contribution in [0.2, 0.25) is 0 Å². The van der Waals surface area contributed by atoms with Gasteiger partial charge in [0.15, 0.2) is 0 Å². The van der Waals surface area contributed by atoms with Gasteiger partial charge in [0.2, 0.25) is 0 Å². The van der Waals surface area contributed by atoms with Gasteiger partial charge >= 0.3 is 0 Å². The highest BCUT2D eigenvalue weighted by Crippen LogP contribution is 2.30. The second kappa shape index (κ2) is 5.27. The minimum Gasteiger partial charge on any atom is -0.331 e. The fourth-order valence-electron chi connectivity index (χ4n) is 2.30. The smallest absolute Gasteiger partial charge is 0.257 e. The van der Waals surface area contributed by atoms with Gasteiger partial charge in [-0.25, -0.2) is 8.78 Å². The van der Waals surface area contributed by atoms with E-state index in [4.69, 9.17) is 0 Å². The van der Waals surface area contributed by atoms with E-state index in [0.29, 0.717) is 5.56 Å². The number of aryl methyl sites for hydroxylation is 1. The molecule has 1 amide bonds.